The Kier molecular flexibility index (Phi) is 5.41. The van der Waals surface area contributed by atoms with Crippen LogP contribution in [0.1, 0.15) is 30.9 Å². The maximum absolute atomic E-state index is 12.3. The zero-order valence-corrected chi connectivity index (χ0v) is 14.0. The second-order valence-electron chi connectivity index (χ2n) is 6.19. The van der Waals surface area contributed by atoms with Crippen LogP contribution in [0.15, 0.2) is 23.1 Å². The highest BCUT2D eigenvalue weighted by Gasteiger charge is 2.18. The van der Waals surface area contributed by atoms with Gasteiger partial charge >= 0.3 is 0 Å². The molecule has 0 bridgehead atoms. The van der Waals surface area contributed by atoms with Crippen LogP contribution < -0.4 is 4.72 Å². The van der Waals surface area contributed by atoms with Crippen molar-refractivity contribution in [3.8, 4) is 0 Å². The molecule has 0 amide bonds. The first kappa shape index (κ1) is 16.5. The molecule has 0 unspecified atom stereocenters. The van der Waals surface area contributed by atoms with Crippen molar-refractivity contribution < 1.29 is 8.42 Å². The zero-order chi connectivity index (χ0) is 15.5. The summed E-state index contributed by atoms with van der Waals surface area (Å²) in [4.78, 5) is 2.70. The van der Waals surface area contributed by atoms with Crippen LogP contribution in [0.2, 0.25) is 0 Å². The lowest BCUT2D eigenvalue weighted by atomic mass is 10.0. The fourth-order valence-corrected chi connectivity index (χ4v) is 3.90. The number of aryl methyl sites for hydroxylation is 2. The van der Waals surface area contributed by atoms with E-state index in [4.69, 9.17) is 0 Å². The SMILES string of the molecule is Cc1ccc(S(=O)(=O)NCCN2CCC[C@@H](C)C2)cc1C. The molecule has 1 fully saturated rings. The topological polar surface area (TPSA) is 49.4 Å². The number of benzene rings is 1. The quantitative estimate of drug-likeness (QED) is 0.908. The van der Waals surface area contributed by atoms with Crippen molar-refractivity contribution in [2.24, 2.45) is 5.92 Å². The van der Waals surface area contributed by atoms with Crippen LogP contribution in [0.4, 0.5) is 0 Å². The second kappa shape index (κ2) is 6.90. The number of nitrogens with zero attached hydrogens (tertiary/aromatic N) is 1. The van der Waals surface area contributed by atoms with E-state index in [2.05, 4.69) is 16.5 Å². The van der Waals surface area contributed by atoms with Crippen molar-refractivity contribution in [1.82, 2.24) is 9.62 Å². The van der Waals surface area contributed by atoms with Crippen LogP contribution in [0.5, 0.6) is 0 Å². The van der Waals surface area contributed by atoms with Crippen LogP contribution in [-0.2, 0) is 10.0 Å². The van der Waals surface area contributed by atoms with Gasteiger partial charge in [-0.25, -0.2) is 13.1 Å². The fraction of sp³-hybridized carbons (Fsp3) is 0.625. The summed E-state index contributed by atoms with van der Waals surface area (Å²) < 4.78 is 27.3. The van der Waals surface area contributed by atoms with Gasteiger partial charge in [0.25, 0.3) is 0 Å². The number of piperidine rings is 1. The van der Waals surface area contributed by atoms with Crippen LogP contribution in [0, 0.1) is 19.8 Å². The Morgan fingerprint density at radius 3 is 2.71 bits per heavy atom. The minimum Gasteiger partial charge on any atom is -0.302 e. The Bertz CT molecular complexity index is 584. The number of hydrogen-bond donors (Lipinski definition) is 1. The zero-order valence-electron chi connectivity index (χ0n) is 13.2. The molecule has 2 rings (SSSR count). The van der Waals surface area contributed by atoms with Crippen LogP contribution >= 0.6 is 0 Å². The molecule has 118 valence electrons. The molecule has 0 spiro atoms. The predicted octanol–water partition coefficient (Wildman–Crippen LogP) is 2.31. The van der Waals surface area contributed by atoms with E-state index in [9.17, 15) is 8.42 Å². The molecule has 0 aliphatic carbocycles. The van der Waals surface area contributed by atoms with Gasteiger partial charge in [-0.2, -0.15) is 0 Å². The summed E-state index contributed by atoms with van der Waals surface area (Å²) in [5.74, 6) is 0.718. The van der Waals surface area contributed by atoms with Gasteiger partial charge in [0.05, 0.1) is 4.90 Å². The van der Waals surface area contributed by atoms with Crippen LogP contribution in [0.25, 0.3) is 0 Å². The smallest absolute Gasteiger partial charge is 0.240 e. The lowest BCUT2D eigenvalue weighted by molar-refractivity contribution is 0.187. The molecule has 1 aromatic carbocycles. The standard InChI is InChI=1S/C16H26N2O2S/c1-13-5-4-9-18(12-13)10-8-17-21(19,20)16-7-6-14(2)15(3)11-16/h6-7,11,13,17H,4-5,8-10,12H2,1-3H3/t13-/m1/s1. The molecule has 21 heavy (non-hydrogen) atoms. The van der Waals surface area contributed by atoms with Crippen molar-refractivity contribution >= 4 is 10.0 Å². The molecule has 0 saturated carbocycles. The van der Waals surface area contributed by atoms with Gasteiger partial charge in [0.2, 0.25) is 10.0 Å². The molecule has 1 aliphatic rings. The van der Waals surface area contributed by atoms with E-state index in [0.717, 1.165) is 36.7 Å². The maximum Gasteiger partial charge on any atom is 0.240 e. The fourth-order valence-electron chi connectivity index (χ4n) is 2.79. The maximum atomic E-state index is 12.3. The Balaban J connectivity index is 1.90. The van der Waals surface area contributed by atoms with Crippen molar-refractivity contribution in [3.63, 3.8) is 0 Å². The molecule has 1 aliphatic heterocycles. The molecule has 0 radical (unpaired) electrons. The number of hydrogen-bond acceptors (Lipinski definition) is 3. The summed E-state index contributed by atoms with van der Waals surface area (Å²) in [5.41, 5.74) is 2.11. The van der Waals surface area contributed by atoms with Gasteiger partial charge < -0.3 is 4.90 Å². The van der Waals surface area contributed by atoms with E-state index in [1.165, 1.54) is 12.8 Å². The summed E-state index contributed by atoms with van der Waals surface area (Å²) in [6, 6.07) is 5.27. The average Bonchev–Trinajstić information content (AvgIpc) is 2.41. The number of nitrogens with one attached hydrogen (secondary N) is 1. The minimum atomic E-state index is -3.39. The van der Waals surface area contributed by atoms with E-state index in [1.807, 2.05) is 19.9 Å². The third-order valence-corrected chi connectivity index (χ3v) is 5.71. The summed E-state index contributed by atoms with van der Waals surface area (Å²) in [7, 11) is -3.39. The van der Waals surface area contributed by atoms with Gasteiger partial charge in [0, 0.05) is 19.6 Å². The molecule has 1 heterocycles. The molecule has 1 atom stereocenters. The van der Waals surface area contributed by atoms with E-state index < -0.39 is 10.0 Å². The number of likely N-dealkylation sites (tertiary alicyclic amines) is 1. The normalized spacial score (nSPS) is 20.6. The highest BCUT2D eigenvalue weighted by atomic mass is 32.2. The lowest BCUT2D eigenvalue weighted by Crippen LogP contribution is -2.40. The Morgan fingerprint density at radius 2 is 2.05 bits per heavy atom. The minimum absolute atomic E-state index is 0.359. The molecule has 5 heteroatoms. The van der Waals surface area contributed by atoms with Crippen molar-refractivity contribution in [2.45, 2.75) is 38.5 Å². The summed E-state index contributed by atoms with van der Waals surface area (Å²) in [6.07, 6.45) is 2.50. The summed E-state index contributed by atoms with van der Waals surface area (Å²) in [5, 5.41) is 0. The Hall–Kier alpha value is -0.910. The van der Waals surface area contributed by atoms with Crippen molar-refractivity contribution in [3.05, 3.63) is 29.3 Å². The first-order chi connectivity index (χ1) is 9.88. The third-order valence-electron chi connectivity index (χ3n) is 4.25. The summed E-state index contributed by atoms with van der Waals surface area (Å²) in [6.45, 7) is 9.59. The highest BCUT2D eigenvalue weighted by molar-refractivity contribution is 7.89. The van der Waals surface area contributed by atoms with Crippen molar-refractivity contribution in [1.29, 1.82) is 0 Å². The second-order valence-corrected chi connectivity index (χ2v) is 7.96. The largest absolute Gasteiger partial charge is 0.302 e. The average molecular weight is 310 g/mol. The van der Waals surface area contributed by atoms with Crippen LogP contribution in [0.3, 0.4) is 0 Å². The number of sulfonamides is 1. The number of rotatable bonds is 5. The molecule has 4 nitrogen and oxygen atoms in total. The van der Waals surface area contributed by atoms with Gasteiger partial charge in [-0.15, -0.1) is 0 Å². The predicted molar refractivity (Wildman–Crippen MR) is 85.9 cm³/mol. The molecular formula is C16H26N2O2S. The first-order valence-electron chi connectivity index (χ1n) is 7.68. The third kappa shape index (κ3) is 4.53. The van der Waals surface area contributed by atoms with E-state index >= 15 is 0 Å². The van der Waals surface area contributed by atoms with E-state index in [-0.39, 0.29) is 0 Å². The Morgan fingerprint density at radius 1 is 1.29 bits per heavy atom. The highest BCUT2D eigenvalue weighted by Crippen LogP contribution is 2.16. The van der Waals surface area contributed by atoms with Gasteiger partial charge in [0.15, 0.2) is 0 Å². The van der Waals surface area contributed by atoms with E-state index in [1.54, 1.807) is 12.1 Å². The summed E-state index contributed by atoms with van der Waals surface area (Å²) >= 11 is 0. The molecular weight excluding hydrogens is 284 g/mol. The van der Waals surface area contributed by atoms with Gasteiger partial charge in [0.1, 0.15) is 0 Å². The lowest BCUT2D eigenvalue weighted by Gasteiger charge is -2.30. The monoisotopic (exact) mass is 310 g/mol. The molecule has 0 aromatic heterocycles. The van der Waals surface area contributed by atoms with Gasteiger partial charge in [-0.1, -0.05) is 13.0 Å². The Labute approximate surface area is 128 Å². The van der Waals surface area contributed by atoms with Crippen LogP contribution in [-0.4, -0.2) is 39.5 Å². The van der Waals surface area contributed by atoms with Gasteiger partial charge in [-0.3, -0.25) is 0 Å². The molecule has 1 N–H and O–H groups in total. The van der Waals surface area contributed by atoms with Gasteiger partial charge in [-0.05, 0) is 62.4 Å². The molecule has 1 aromatic rings. The van der Waals surface area contributed by atoms with Crippen molar-refractivity contribution in [2.75, 3.05) is 26.2 Å². The molecule has 1 saturated heterocycles. The van der Waals surface area contributed by atoms with E-state index in [0.29, 0.717) is 11.4 Å². The first-order valence-corrected chi connectivity index (χ1v) is 9.16.